The summed E-state index contributed by atoms with van der Waals surface area (Å²) in [6, 6.07) is 8.48. The van der Waals surface area contributed by atoms with Crippen molar-refractivity contribution in [2.75, 3.05) is 0 Å². The van der Waals surface area contributed by atoms with Gasteiger partial charge in [-0.25, -0.2) is 4.98 Å². The Morgan fingerprint density at radius 3 is 2.44 bits per heavy atom. The number of thiazole rings is 1. The molecule has 18 heavy (non-hydrogen) atoms. The number of hydrogen-bond acceptors (Lipinski definition) is 3. The summed E-state index contributed by atoms with van der Waals surface area (Å²) in [6.45, 7) is 5.75. The Hall–Kier alpha value is -1.48. The maximum absolute atomic E-state index is 11.3. The topological polar surface area (TPSA) is 30.0 Å². The van der Waals surface area contributed by atoms with Crippen LogP contribution in [0.5, 0.6) is 0 Å². The first kappa shape index (κ1) is 13.0. The number of benzene rings is 1. The zero-order valence-corrected chi connectivity index (χ0v) is 11.8. The second-order valence-corrected chi connectivity index (χ2v) is 5.63. The van der Waals surface area contributed by atoms with Crippen LogP contribution in [0, 0.1) is 6.92 Å². The van der Waals surface area contributed by atoms with Crippen LogP contribution in [0.15, 0.2) is 24.3 Å². The summed E-state index contributed by atoms with van der Waals surface area (Å²) in [5.74, 6) is 0.0388. The predicted molar refractivity (Wildman–Crippen MR) is 76.3 cm³/mol. The lowest BCUT2D eigenvalue weighted by atomic mass is 10.1. The lowest BCUT2D eigenvalue weighted by molar-refractivity contribution is 0.101. The molecule has 2 rings (SSSR count). The molecule has 0 aliphatic heterocycles. The van der Waals surface area contributed by atoms with E-state index in [-0.39, 0.29) is 5.78 Å². The maximum atomic E-state index is 11.3. The molecule has 1 aromatic carbocycles. The molecular formula is C15H17NOS. The van der Waals surface area contributed by atoms with Gasteiger partial charge in [0.25, 0.3) is 0 Å². The second-order valence-electron chi connectivity index (χ2n) is 4.43. The Bertz CT molecular complexity index is 554. The highest BCUT2D eigenvalue weighted by atomic mass is 32.1. The van der Waals surface area contributed by atoms with Crippen molar-refractivity contribution in [2.24, 2.45) is 0 Å². The first-order valence-corrected chi connectivity index (χ1v) is 7.01. The Morgan fingerprint density at radius 1 is 1.28 bits per heavy atom. The first-order chi connectivity index (χ1) is 8.61. The van der Waals surface area contributed by atoms with Gasteiger partial charge < -0.3 is 0 Å². The van der Waals surface area contributed by atoms with Crippen molar-refractivity contribution < 1.29 is 4.79 Å². The van der Waals surface area contributed by atoms with Crippen LogP contribution in [-0.4, -0.2) is 10.8 Å². The van der Waals surface area contributed by atoms with Gasteiger partial charge in [-0.05, 0) is 18.9 Å². The van der Waals surface area contributed by atoms with Crippen molar-refractivity contribution in [2.45, 2.75) is 33.6 Å². The number of Topliss-reactive ketones (excluding diaryl/α,β-unsaturated/α-hetero) is 1. The van der Waals surface area contributed by atoms with E-state index in [4.69, 9.17) is 0 Å². The van der Waals surface area contributed by atoms with Gasteiger partial charge in [0.15, 0.2) is 10.8 Å². The van der Waals surface area contributed by atoms with Crippen LogP contribution in [0.25, 0.3) is 11.3 Å². The monoisotopic (exact) mass is 259 g/mol. The lowest BCUT2D eigenvalue weighted by Gasteiger charge is -2.01. The van der Waals surface area contributed by atoms with Crippen LogP contribution < -0.4 is 0 Å². The quantitative estimate of drug-likeness (QED) is 0.767. The van der Waals surface area contributed by atoms with Crippen LogP contribution in [0.4, 0.5) is 0 Å². The molecule has 94 valence electrons. The summed E-state index contributed by atoms with van der Waals surface area (Å²) in [7, 11) is 0. The van der Waals surface area contributed by atoms with E-state index in [2.05, 4.69) is 36.2 Å². The summed E-state index contributed by atoms with van der Waals surface area (Å²) >= 11 is 1.47. The van der Waals surface area contributed by atoms with Gasteiger partial charge in [0.1, 0.15) is 0 Å². The molecule has 0 unspecified atom stereocenters. The third kappa shape index (κ3) is 2.67. The SMILES string of the molecule is CCCc1ccc(-c2nc(C(C)=O)sc2C)cc1. The minimum atomic E-state index is 0.0388. The molecule has 0 bridgehead atoms. The predicted octanol–water partition coefficient (Wildman–Crippen LogP) is 4.27. The number of carbonyl (C=O) groups excluding carboxylic acids is 1. The van der Waals surface area contributed by atoms with Gasteiger partial charge >= 0.3 is 0 Å². The summed E-state index contributed by atoms with van der Waals surface area (Å²) in [6.07, 6.45) is 2.26. The summed E-state index contributed by atoms with van der Waals surface area (Å²) in [5, 5.41) is 0.597. The van der Waals surface area contributed by atoms with Gasteiger partial charge in [0.05, 0.1) is 5.69 Å². The van der Waals surface area contributed by atoms with Gasteiger partial charge in [-0.1, -0.05) is 37.6 Å². The van der Waals surface area contributed by atoms with Gasteiger partial charge in [-0.2, -0.15) is 0 Å². The molecule has 0 saturated heterocycles. The lowest BCUT2D eigenvalue weighted by Crippen LogP contribution is -1.90. The zero-order valence-electron chi connectivity index (χ0n) is 11.0. The van der Waals surface area contributed by atoms with Crippen LogP contribution in [0.2, 0.25) is 0 Å². The fraction of sp³-hybridized carbons (Fsp3) is 0.333. The van der Waals surface area contributed by atoms with E-state index in [0.29, 0.717) is 5.01 Å². The fourth-order valence-electron chi connectivity index (χ4n) is 1.93. The first-order valence-electron chi connectivity index (χ1n) is 6.19. The van der Waals surface area contributed by atoms with Gasteiger partial charge in [0.2, 0.25) is 0 Å². The number of nitrogens with zero attached hydrogens (tertiary/aromatic N) is 1. The van der Waals surface area contributed by atoms with E-state index in [1.165, 1.54) is 16.9 Å². The molecule has 1 heterocycles. The van der Waals surface area contributed by atoms with Gasteiger partial charge in [-0.3, -0.25) is 4.79 Å². The molecule has 0 N–H and O–H groups in total. The van der Waals surface area contributed by atoms with Crippen LogP contribution >= 0.6 is 11.3 Å². The molecule has 0 atom stereocenters. The van der Waals surface area contributed by atoms with Gasteiger partial charge in [-0.15, -0.1) is 11.3 Å². The number of carbonyl (C=O) groups is 1. The van der Waals surface area contributed by atoms with Crippen LogP contribution in [0.3, 0.4) is 0 Å². The minimum absolute atomic E-state index is 0.0388. The molecule has 0 radical (unpaired) electrons. The van der Waals surface area contributed by atoms with Gasteiger partial charge in [0, 0.05) is 17.4 Å². The number of aromatic nitrogens is 1. The van der Waals surface area contributed by atoms with Crippen LogP contribution in [-0.2, 0) is 6.42 Å². The van der Waals surface area contributed by atoms with E-state index in [0.717, 1.165) is 29.0 Å². The second kappa shape index (κ2) is 5.44. The Kier molecular flexibility index (Phi) is 3.92. The van der Waals surface area contributed by atoms with Crippen molar-refractivity contribution >= 4 is 17.1 Å². The molecule has 1 aromatic heterocycles. The van der Waals surface area contributed by atoms with Crippen molar-refractivity contribution in [3.8, 4) is 11.3 Å². The van der Waals surface area contributed by atoms with Crippen LogP contribution in [0.1, 0.15) is 40.5 Å². The Morgan fingerprint density at radius 2 is 1.94 bits per heavy atom. The molecule has 0 aliphatic rings. The van der Waals surface area contributed by atoms with Crippen molar-refractivity contribution in [1.29, 1.82) is 0 Å². The molecule has 0 amide bonds. The maximum Gasteiger partial charge on any atom is 0.188 e. The van der Waals surface area contributed by atoms with E-state index >= 15 is 0 Å². The fourth-order valence-corrected chi connectivity index (χ4v) is 2.76. The molecule has 0 fully saturated rings. The Balaban J connectivity index is 2.33. The normalized spacial score (nSPS) is 10.6. The molecule has 2 nitrogen and oxygen atoms in total. The largest absolute Gasteiger partial charge is 0.292 e. The highest BCUT2D eigenvalue weighted by molar-refractivity contribution is 7.14. The Labute approximate surface area is 112 Å². The van der Waals surface area contributed by atoms with Crippen molar-refractivity contribution in [3.05, 3.63) is 39.7 Å². The highest BCUT2D eigenvalue weighted by Gasteiger charge is 2.12. The number of ketones is 1. The number of hydrogen-bond donors (Lipinski definition) is 0. The molecule has 0 aliphatic carbocycles. The third-order valence-corrected chi connectivity index (χ3v) is 3.94. The van der Waals surface area contributed by atoms with E-state index in [9.17, 15) is 4.79 Å². The molecule has 0 saturated carbocycles. The standard InChI is InChI=1S/C15H17NOS/c1-4-5-12-6-8-13(9-7-12)14-11(3)18-15(16-14)10(2)17/h6-9H,4-5H2,1-3H3. The average Bonchev–Trinajstić information content (AvgIpc) is 2.73. The molecular weight excluding hydrogens is 242 g/mol. The zero-order chi connectivity index (χ0) is 13.1. The molecule has 2 aromatic rings. The van der Waals surface area contributed by atoms with Crippen molar-refractivity contribution in [1.82, 2.24) is 4.98 Å². The molecule has 0 spiro atoms. The average molecular weight is 259 g/mol. The van der Waals surface area contributed by atoms with Crippen molar-refractivity contribution in [3.63, 3.8) is 0 Å². The minimum Gasteiger partial charge on any atom is -0.292 e. The number of aryl methyl sites for hydroxylation is 2. The van der Waals surface area contributed by atoms with E-state index < -0.39 is 0 Å². The van der Waals surface area contributed by atoms with E-state index in [1.54, 1.807) is 6.92 Å². The summed E-state index contributed by atoms with van der Waals surface area (Å²) in [4.78, 5) is 16.9. The highest BCUT2D eigenvalue weighted by Crippen LogP contribution is 2.28. The summed E-state index contributed by atoms with van der Waals surface area (Å²) < 4.78 is 0. The third-order valence-electron chi connectivity index (χ3n) is 2.86. The van der Waals surface area contributed by atoms with E-state index in [1.807, 2.05) is 6.92 Å². The molecule has 3 heteroatoms. The number of rotatable bonds is 4. The summed E-state index contributed by atoms with van der Waals surface area (Å²) in [5.41, 5.74) is 3.38. The smallest absolute Gasteiger partial charge is 0.188 e.